The van der Waals surface area contributed by atoms with Crippen molar-refractivity contribution in [3.63, 3.8) is 0 Å². The van der Waals surface area contributed by atoms with Gasteiger partial charge in [-0.2, -0.15) is 0 Å². The maximum absolute atomic E-state index is 11.6. The highest BCUT2D eigenvalue weighted by Gasteiger charge is 2.23. The van der Waals surface area contributed by atoms with Crippen LogP contribution in [-0.4, -0.2) is 37.2 Å². The van der Waals surface area contributed by atoms with E-state index >= 15 is 0 Å². The molecule has 136 valence electrons. The summed E-state index contributed by atoms with van der Waals surface area (Å²) in [7, 11) is 2.69. The summed E-state index contributed by atoms with van der Waals surface area (Å²) in [5.41, 5.74) is 0. The van der Waals surface area contributed by atoms with Crippen LogP contribution in [0.5, 0.6) is 0 Å². The van der Waals surface area contributed by atoms with E-state index in [2.05, 4.69) is 11.7 Å². The van der Waals surface area contributed by atoms with Crippen molar-refractivity contribution in [3.05, 3.63) is 0 Å². The number of rotatable bonds is 15. The molecule has 5 heteroatoms. The molecule has 0 aliphatic rings. The summed E-state index contributed by atoms with van der Waals surface area (Å²) in [6.45, 7) is 2.24. The minimum atomic E-state index is -0.439. The second-order valence-electron chi connectivity index (χ2n) is 5.84. The summed E-state index contributed by atoms with van der Waals surface area (Å²) >= 11 is 1.50. The largest absolute Gasteiger partial charge is 0.469 e. The van der Waals surface area contributed by atoms with Crippen LogP contribution in [0.4, 0.5) is 0 Å². The Morgan fingerprint density at radius 3 is 1.83 bits per heavy atom. The zero-order chi connectivity index (χ0) is 17.3. The average molecular weight is 347 g/mol. The summed E-state index contributed by atoms with van der Waals surface area (Å²) in [6, 6.07) is 0. The number of methoxy groups -OCH3 is 2. The normalized spacial score (nSPS) is 12.0. The molecule has 0 fully saturated rings. The highest BCUT2D eigenvalue weighted by Crippen LogP contribution is 2.19. The minimum Gasteiger partial charge on any atom is -0.469 e. The van der Waals surface area contributed by atoms with E-state index in [1.807, 2.05) is 0 Å². The standard InChI is InChI=1S/C18H34O4S/c1-4-5-6-7-8-9-10-11-12-13-14-23-16(18(20)22-3)15-17(19)21-2/h16H,4-15H2,1-3H3/t16-/m1/s1. The van der Waals surface area contributed by atoms with Gasteiger partial charge in [0.2, 0.25) is 0 Å². The van der Waals surface area contributed by atoms with Gasteiger partial charge in [-0.25, -0.2) is 0 Å². The lowest BCUT2D eigenvalue weighted by Gasteiger charge is -2.12. The van der Waals surface area contributed by atoms with Gasteiger partial charge in [-0.05, 0) is 12.2 Å². The zero-order valence-electron chi connectivity index (χ0n) is 15.1. The Morgan fingerprint density at radius 1 is 0.826 bits per heavy atom. The highest BCUT2D eigenvalue weighted by molar-refractivity contribution is 8.00. The SMILES string of the molecule is CCCCCCCCCCCCS[C@H](CC(=O)OC)C(=O)OC. The lowest BCUT2D eigenvalue weighted by molar-refractivity contribution is -0.146. The summed E-state index contributed by atoms with van der Waals surface area (Å²) < 4.78 is 9.36. The Bertz CT molecular complexity index is 307. The number of thioether (sulfide) groups is 1. The summed E-state index contributed by atoms with van der Waals surface area (Å²) in [4.78, 5) is 22.9. The van der Waals surface area contributed by atoms with Crippen LogP contribution in [0.3, 0.4) is 0 Å². The van der Waals surface area contributed by atoms with E-state index in [1.165, 1.54) is 83.8 Å². The smallest absolute Gasteiger partial charge is 0.319 e. The van der Waals surface area contributed by atoms with Gasteiger partial charge in [-0.1, -0.05) is 64.7 Å². The number of hydrogen-bond donors (Lipinski definition) is 0. The third-order valence-corrected chi connectivity index (χ3v) is 5.15. The number of unbranched alkanes of at least 4 members (excludes halogenated alkanes) is 9. The Morgan fingerprint density at radius 2 is 1.35 bits per heavy atom. The maximum atomic E-state index is 11.6. The molecule has 0 aromatic rings. The van der Waals surface area contributed by atoms with Gasteiger partial charge in [0.05, 0.1) is 20.6 Å². The Balaban J connectivity index is 3.58. The molecule has 1 atom stereocenters. The molecule has 0 heterocycles. The van der Waals surface area contributed by atoms with E-state index in [0.29, 0.717) is 0 Å². The van der Waals surface area contributed by atoms with Gasteiger partial charge in [-0.3, -0.25) is 9.59 Å². The fourth-order valence-corrected chi connectivity index (χ4v) is 3.53. The second kappa shape index (κ2) is 16.2. The molecule has 0 spiro atoms. The van der Waals surface area contributed by atoms with E-state index in [9.17, 15) is 9.59 Å². The van der Waals surface area contributed by atoms with E-state index < -0.39 is 5.25 Å². The molecule has 0 aliphatic carbocycles. The van der Waals surface area contributed by atoms with E-state index in [1.54, 1.807) is 0 Å². The molecule has 0 N–H and O–H groups in total. The molecule has 0 bridgehead atoms. The topological polar surface area (TPSA) is 52.6 Å². The van der Waals surface area contributed by atoms with Gasteiger partial charge in [0.25, 0.3) is 0 Å². The van der Waals surface area contributed by atoms with Crippen LogP contribution in [-0.2, 0) is 19.1 Å². The molecule has 0 saturated heterocycles. The van der Waals surface area contributed by atoms with Crippen molar-refractivity contribution in [2.75, 3.05) is 20.0 Å². The van der Waals surface area contributed by atoms with Crippen molar-refractivity contribution in [2.24, 2.45) is 0 Å². The predicted octanol–water partition coefficient (Wildman–Crippen LogP) is 4.75. The average Bonchev–Trinajstić information content (AvgIpc) is 2.57. The molecule has 0 aromatic carbocycles. The first kappa shape index (κ1) is 22.3. The Hall–Kier alpha value is -0.710. The third kappa shape index (κ3) is 13.4. The predicted molar refractivity (Wildman–Crippen MR) is 96.7 cm³/mol. The van der Waals surface area contributed by atoms with E-state index in [4.69, 9.17) is 4.74 Å². The Kier molecular flexibility index (Phi) is 15.7. The van der Waals surface area contributed by atoms with Crippen molar-refractivity contribution in [1.82, 2.24) is 0 Å². The minimum absolute atomic E-state index is 0.0889. The van der Waals surface area contributed by atoms with Crippen LogP contribution in [0.15, 0.2) is 0 Å². The molecule has 4 nitrogen and oxygen atoms in total. The van der Waals surface area contributed by atoms with Gasteiger partial charge < -0.3 is 9.47 Å². The fraction of sp³-hybridized carbons (Fsp3) is 0.889. The molecule has 0 aromatic heterocycles. The van der Waals surface area contributed by atoms with E-state index in [-0.39, 0.29) is 18.4 Å². The van der Waals surface area contributed by atoms with Crippen LogP contribution in [0, 0.1) is 0 Å². The molecular formula is C18H34O4S. The molecule has 0 amide bonds. The first-order chi connectivity index (χ1) is 11.2. The number of esters is 2. The zero-order valence-corrected chi connectivity index (χ0v) is 15.9. The fourth-order valence-electron chi connectivity index (χ4n) is 2.39. The first-order valence-corrected chi connectivity index (χ1v) is 9.96. The summed E-state index contributed by atoms with van der Waals surface area (Å²) in [5.74, 6) is 0.177. The third-order valence-electron chi connectivity index (χ3n) is 3.86. The van der Waals surface area contributed by atoms with E-state index in [0.717, 1.165) is 12.2 Å². The number of hydrogen-bond acceptors (Lipinski definition) is 5. The first-order valence-electron chi connectivity index (χ1n) is 8.91. The monoisotopic (exact) mass is 346 g/mol. The van der Waals surface area contributed by atoms with Crippen molar-refractivity contribution in [1.29, 1.82) is 0 Å². The van der Waals surface area contributed by atoms with Crippen LogP contribution in [0.25, 0.3) is 0 Å². The Labute approximate surface area is 146 Å². The summed E-state index contributed by atoms with van der Waals surface area (Å²) in [5, 5.41) is -0.439. The number of ether oxygens (including phenoxy) is 2. The van der Waals surface area contributed by atoms with Crippen molar-refractivity contribution >= 4 is 23.7 Å². The maximum Gasteiger partial charge on any atom is 0.319 e. The van der Waals surface area contributed by atoms with Gasteiger partial charge in [-0.15, -0.1) is 11.8 Å². The van der Waals surface area contributed by atoms with Crippen LogP contribution < -0.4 is 0 Å². The highest BCUT2D eigenvalue weighted by atomic mass is 32.2. The van der Waals surface area contributed by atoms with Crippen LogP contribution in [0.1, 0.15) is 77.6 Å². The molecule has 23 heavy (non-hydrogen) atoms. The number of carbonyl (C=O) groups is 2. The lowest BCUT2D eigenvalue weighted by Crippen LogP contribution is -2.23. The number of carbonyl (C=O) groups excluding carboxylic acids is 2. The van der Waals surface area contributed by atoms with Gasteiger partial charge in [0, 0.05) is 0 Å². The molecule has 0 unspecified atom stereocenters. The molecule has 0 aliphatic heterocycles. The van der Waals surface area contributed by atoms with Crippen molar-refractivity contribution in [2.45, 2.75) is 82.8 Å². The molecule has 0 saturated carbocycles. The van der Waals surface area contributed by atoms with Gasteiger partial charge >= 0.3 is 11.9 Å². The van der Waals surface area contributed by atoms with Gasteiger partial charge in [0.1, 0.15) is 5.25 Å². The van der Waals surface area contributed by atoms with Crippen molar-refractivity contribution in [3.8, 4) is 0 Å². The lowest BCUT2D eigenvalue weighted by atomic mass is 10.1. The molecule has 0 rings (SSSR count). The van der Waals surface area contributed by atoms with Crippen LogP contribution >= 0.6 is 11.8 Å². The van der Waals surface area contributed by atoms with Crippen molar-refractivity contribution < 1.29 is 19.1 Å². The van der Waals surface area contributed by atoms with Crippen LogP contribution in [0.2, 0.25) is 0 Å². The molecule has 0 radical (unpaired) electrons. The molecular weight excluding hydrogens is 312 g/mol. The second-order valence-corrected chi connectivity index (χ2v) is 7.16. The quantitative estimate of drug-likeness (QED) is 0.316. The summed E-state index contributed by atoms with van der Waals surface area (Å²) in [6.07, 6.45) is 13.0. The van der Waals surface area contributed by atoms with Gasteiger partial charge in [0.15, 0.2) is 0 Å².